The van der Waals surface area contributed by atoms with Crippen LogP contribution >= 0.6 is 27.7 Å². The Morgan fingerprint density at radius 1 is 1.10 bits per heavy atom. The van der Waals surface area contributed by atoms with Gasteiger partial charge in [-0.1, -0.05) is 40.2 Å². The van der Waals surface area contributed by atoms with Crippen molar-refractivity contribution >= 4 is 39.3 Å². The molecule has 0 heterocycles. The molecule has 0 unspecified atom stereocenters. The fourth-order valence-electron chi connectivity index (χ4n) is 2.06. The summed E-state index contributed by atoms with van der Waals surface area (Å²) in [6.45, 7) is 6.07. The van der Waals surface area contributed by atoms with Gasteiger partial charge in [0.05, 0.1) is 5.75 Å². The number of aryl methyl sites for hydroxylation is 3. The average Bonchev–Trinajstić information content (AvgIpc) is 2.44. The zero-order chi connectivity index (χ0) is 15.4. The molecule has 0 radical (unpaired) electrons. The van der Waals surface area contributed by atoms with Gasteiger partial charge >= 0.3 is 0 Å². The van der Waals surface area contributed by atoms with Crippen molar-refractivity contribution in [2.45, 2.75) is 25.7 Å². The normalized spacial score (nSPS) is 10.5. The van der Waals surface area contributed by atoms with Crippen molar-refractivity contribution in [2.75, 3.05) is 11.1 Å². The Hall–Kier alpha value is -1.26. The van der Waals surface area contributed by atoms with E-state index in [-0.39, 0.29) is 5.91 Å². The number of carbonyl (C=O) groups is 1. The first kappa shape index (κ1) is 16.1. The van der Waals surface area contributed by atoms with Crippen molar-refractivity contribution in [2.24, 2.45) is 0 Å². The number of anilines is 1. The summed E-state index contributed by atoms with van der Waals surface area (Å²) in [6.07, 6.45) is 0. The Kier molecular flexibility index (Phi) is 5.48. The third-order valence-corrected chi connectivity index (χ3v) is 4.91. The molecule has 0 spiro atoms. The molecule has 0 saturated heterocycles. The summed E-state index contributed by atoms with van der Waals surface area (Å²) in [5.41, 5.74) is 4.29. The minimum absolute atomic E-state index is 0.0248. The van der Waals surface area contributed by atoms with Crippen LogP contribution < -0.4 is 5.32 Å². The zero-order valence-corrected chi connectivity index (χ0v) is 14.8. The summed E-state index contributed by atoms with van der Waals surface area (Å²) < 4.78 is 1.03. The van der Waals surface area contributed by atoms with Crippen LogP contribution in [0.1, 0.15) is 16.7 Å². The fraction of sp³-hybridized carbons (Fsp3) is 0.235. The molecule has 0 bridgehead atoms. The van der Waals surface area contributed by atoms with Gasteiger partial charge in [-0.15, -0.1) is 11.8 Å². The van der Waals surface area contributed by atoms with Crippen LogP contribution in [0.15, 0.2) is 45.8 Å². The van der Waals surface area contributed by atoms with Gasteiger partial charge in [0.2, 0.25) is 5.91 Å². The number of amides is 1. The summed E-state index contributed by atoms with van der Waals surface area (Å²) in [4.78, 5) is 13.3. The number of benzene rings is 2. The number of carbonyl (C=O) groups excluding carboxylic acids is 1. The second-order valence-electron chi connectivity index (χ2n) is 5.01. The first-order chi connectivity index (χ1) is 9.97. The van der Waals surface area contributed by atoms with E-state index in [1.54, 1.807) is 11.8 Å². The smallest absolute Gasteiger partial charge is 0.234 e. The van der Waals surface area contributed by atoms with Crippen molar-refractivity contribution < 1.29 is 4.79 Å². The lowest BCUT2D eigenvalue weighted by molar-refractivity contribution is -0.113. The first-order valence-corrected chi connectivity index (χ1v) is 8.50. The molecule has 0 aliphatic heterocycles. The third kappa shape index (κ3) is 4.35. The summed E-state index contributed by atoms with van der Waals surface area (Å²) in [6, 6.07) is 12.1. The van der Waals surface area contributed by atoms with Crippen LogP contribution in [0.3, 0.4) is 0 Å². The van der Waals surface area contributed by atoms with E-state index in [0.29, 0.717) is 5.75 Å². The van der Waals surface area contributed by atoms with E-state index in [2.05, 4.69) is 34.2 Å². The maximum absolute atomic E-state index is 12.1. The molecule has 110 valence electrons. The van der Waals surface area contributed by atoms with E-state index in [4.69, 9.17) is 0 Å². The molecule has 0 aliphatic rings. The number of thioether (sulfide) groups is 1. The summed E-state index contributed by atoms with van der Waals surface area (Å²) in [7, 11) is 0. The Bertz CT molecular complexity index is 650. The molecule has 2 nitrogen and oxygen atoms in total. The van der Waals surface area contributed by atoms with E-state index < -0.39 is 0 Å². The molecular weight excluding hydrogens is 346 g/mol. The summed E-state index contributed by atoms with van der Waals surface area (Å²) in [5, 5.41) is 3.01. The van der Waals surface area contributed by atoms with Crippen LogP contribution in [0.25, 0.3) is 0 Å². The number of nitrogens with one attached hydrogen (secondary N) is 1. The van der Waals surface area contributed by atoms with Crippen molar-refractivity contribution in [3.05, 3.63) is 57.6 Å². The highest BCUT2D eigenvalue weighted by Crippen LogP contribution is 2.26. The lowest BCUT2D eigenvalue weighted by atomic mass is 10.1. The number of halogens is 1. The molecule has 2 rings (SSSR count). The fourth-order valence-corrected chi connectivity index (χ4v) is 3.44. The summed E-state index contributed by atoms with van der Waals surface area (Å²) in [5.74, 6) is 0.433. The third-order valence-electron chi connectivity index (χ3n) is 3.25. The van der Waals surface area contributed by atoms with Crippen molar-refractivity contribution in [1.82, 2.24) is 0 Å². The predicted octanol–water partition coefficient (Wildman–Crippen LogP) is 5.11. The molecule has 1 N–H and O–H groups in total. The number of para-hydroxylation sites is 1. The minimum Gasteiger partial charge on any atom is -0.325 e. The molecule has 1 amide bonds. The van der Waals surface area contributed by atoms with Gasteiger partial charge in [0.1, 0.15) is 0 Å². The van der Waals surface area contributed by atoms with Crippen LogP contribution in [-0.4, -0.2) is 11.7 Å². The van der Waals surface area contributed by atoms with Crippen molar-refractivity contribution in [3.8, 4) is 0 Å². The lowest BCUT2D eigenvalue weighted by Crippen LogP contribution is -2.15. The van der Waals surface area contributed by atoms with Crippen LogP contribution in [0.4, 0.5) is 5.69 Å². The van der Waals surface area contributed by atoms with Gasteiger partial charge < -0.3 is 5.32 Å². The van der Waals surface area contributed by atoms with Gasteiger partial charge in [-0.05, 0) is 49.6 Å². The van der Waals surface area contributed by atoms with E-state index in [1.165, 1.54) is 5.56 Å². The van der Waals surface area contributed by atoms with Crippen LogP contribution in [-0.2, 0) is 4.79 Å². The highest BCUT2D eigenvalue weighted by Gasteiger charge is 2.09. The molecule has 0 atom stereocenters. The van der Waals surface area contributed by atoms with Gasteiger partial charge in [-0.2, -0.15) is 0 Å². The van der Waals surface area contributed by atoms with E-state index in [1.807, 2.05) is 44.2 Å². The van der Waals surface area contributed by atoms with Crippen LogP contribution in [0.2, 0.25) is 0 Å². The molecule has 4 heteroatoms. The molecule has 0 fully saturated rings. The lowest BCUT2D eigenvalue weighted by Gasteiger charge is -2.12. The number of rotatable bonds is 4. The standard InChI is InChI=1S/C17H18BrNOS/c1-11-7-8-14(18)9-15(11)21-10-16(20)19-17-12(2)5-4-6-13(17)3/h4-9H,10H2,1-3H3,(H,19,20). The maximum Gasteiger partial charge on any atom is 0.234 e. The van der Waals surface area contributed by atoms with E-state index >= 15 is 0 Å². The summed E-state index contributed by atoms with van der Waals surface area (Å²) >= 11 is 5.02. The number of hydrogen-bond acceptors (Lipinski definition) is 2. The highest BCUT2D eigenvalue weighted by molar-refractivity contribution is 9.10. The average molecular weight is 364 g/mol. The van der Waals surface area contributed by atoms with Gasteiger partial charge in [0.15, 0.2) is 0 Å². The topological polar surface area (TPSA) is 29.1 Å². The van der Waals surface area contributed by atoms with Crippen molar-refractivity contribution in [1.29, 1.82) is 0 Å². The monoisotopic (exact) mass is 363 g/mol. The first-order valence-electron chi connectivity index (χ1n) is 6.72. The minimum atomic E-state index is 0.0248. The van der Waals surface area contributed by atoms with Crippen LogP contribution in [0, 0.1) is 20.8 Å². The molecule has 21 heavy (non-hydrogen) atoms. The quantitative estimate of drug-likeness (QED) is 0.765. The zero-order valence-electron chi connectivity index (χ0n) is 12.4. The van der Waals surface area contributed by atoms with Gasteiger partial charge in [-0.3, -0.25) is 4.79 Å². The van der Waals surface area contributed by atoms with Gasteiger partial charge in [0, 0.05) is 15.1 Å². The maximum atomic E-state index is 12.1. The van der Waals surface area contributed by atoms with Gasteiger partial charge in [-0.25, -0.2) is 0 Å². The molecule has 0 aliphatic carbocycles. The molecule has 2 aromatic rings. The molecule has 0 aromatic heterocycles. The Balaban J connectivity index is 2.01. The van der Waals surface area contributed by atoms with Crippen molar-refractivity contribution in [3.63, 3.8) is 0 Å². The molecule has 2 aromatic carbocycles. The Morgan fingerprint density at radius 2 is 1.76 bits per heavy atom. The predicted molar refractivity (Wildman–Crippen MR) is 94.1 cm³/mol. The number of hydrogen-bond donors (Lipinski definition) is 1. The highest BCUT2D eigenvalue weighted by atomic mass is 79.9. The van der Waals surface area contributed by atoms with E-state index in [0.717, 1.165) is 26.2 Å². The van der Waals surface area contributed by atoms with Crippen LogP contribution in [0.5, 0.6) is 0 Å². The second kappa shape index (κ2) is 7.14. The van der Waals surface area contributed by atoms with E-state index in [9.17, 15) is 4.79 Å². The Morgan fingerprint density at radius 3 is 2.43 bits per heavy atom. The SMILES string of the molecule is Cc1ccc(Br)cc1SCC(=O)Nc1c(C)cccc1C. The largest absolute Gasteiger partial charge is 0.325 e. The Labute approximate surface area is 138 Å². The molecule has 0 saturated carbocycles. The molecular formula is C17H18BrNOS. The van der Waals surface area contributed by atoms with Gasteiger partial charge in [0.25, 0.3) is 0 Å². The second-order valence-corrected chi connectivity index (χ2v) is 6.95.